The number of hydrogen-bond donors (Lipinski definition) is 0. The fraction of sp³-hybridized carbons (Fsp3) is 0.400. The third-order valence-electron chi connectivity index (χ3n) is 1.93. The third kappa shape index (κ3) is 3.35. The van der Waals surface area contributed by atoms with Gasteiger partial charge in [0.25, 0.3) is 6.43 Å². The highest BCUT2D eigenvalue weighted by Gasteiger charge is 2.20. The molecule has 3 nitrogen and oxygen atoms in total. The maximum absolute atomic E-state index is 12.6. The lowest BCUT2D eigenvalue weighted by molar-refractivity contribution is 0.0524. The van der Waals surface area contributed by atoms with E-state index in [9.17, 15) is 13.6 Å². The van der Waals surface area contributed by atoms with Gasteiger partial charge in [0.1, 0.15) is 10.3 Å². The molecule has 0 aliphatic carbocycles. The van der Waals surface area contributed by atoms with Crippen LogP contribution in [0.5, 0.6) is 0 Å². The highest BCUT2D eigenvalue weighted by atomic mass is 79.9. The Bertz CT molecular complexity index is 429. The van der Waals surface area contributed by atoms with Gasteiger partial charge in [0.2, 0.25) is 0 Å². The summed E-state index contributed by atoms with van der Waals surface area (Å²) >= 11 is 8.50. The molecule has 0 aliphatic heterocycles. The fourth-order valence-electron chi connectivity index (χ4n) is 1.19. The van der Waals surface area contributed by atoms with Gasteiger partial charge >= 0.3 is 5.97 Å². The van der Waals surface area contributed by atoms with Crippen LogP contribution < -0.4 is 0 Å². The number of hydrogen-bond acceptors (Lipinski definition) is 3. The van der Waals surface area contributed by atoms with E-state index in [-0.39, 0.29) is 28.2 Å². The van der Waals surface area contributed by atoms with Gasteiger partial charge in [-0.25, -0.2) is 18.6 Å². The van der Waals surface area contributed by atoms with E-state index >= 15 is 0 Å². The smallest absolute Gasteiger partial charge is 0.340 e. The Morgan fingerprint density at radius 2 is 2.29 bits per heavy atom. The number of esters is 1. The molecule has 0 spiro atoms. The minimum atomic E-state index is -2.74. The number of alkyl halides is 3. The quantitative estimate of drug-likeness (QED) is 0.481. The molecule has 0 saturated carbocycles. The topological polar surface area (TPSA) is 39.2 Å². The Kier molecular flexibility index (Phi) is 5.27. The second kappa shape index (κ2) is 6.26. The molecule has 1 rings (SSSR count). The molecule has 17 heavy (non-hydrogen) atoms. The lowest BCUT2D eigenvalue weighted by Gasteiger charge is -2.09. The molecule has 1 aromatic rings. The number of carbonyl (C=O) groups is 1. The first-order chi connectivity index (χ1) is 8.01. The lowest BCUT2D eigenvalue weighted by Crippen LogP contribution is -2.09. The van der Waals surface area contributed by atoms with Crippen molar-refractivity contribution in [2.45, 2.75) is 19.2 Å². The standard InChI is InChI=1S/C10H9BrClF2NO2/c1-2-17-10(16)6-3-5(4-12)7(9(13)14)15-8(6)11/h3,9H,2,4H2,1H3. The van der Waals surface area contributed by atoms with E-state index in [1.54, 1.807) is 6.92 Å². The summed E-state index contributed by atoms with van der Waals surface area (Å²) in [7, 11) is 0. The van der Waals surface area contributed by atoms with E-state index in [1.165, 1.54) is 6.07 Å². The average molecular weight is 329 g/mol. The Hall–Kier alpha value is -0.750. The molecule has 1 heterocycles. The number of halogens is 4. The van der Waals surface area contributed by atoms with Gasteiger partial charge in [-0.15, -0.1) is 11.6 Å². The van der Waals surface area contributed by atoms with Crippen molar-refractivity contribution in [2.75, 3.05) is 6.61 Å². The molecule has 0 fully saturated rings. The Balaban J connectivity index is 3.22. The van der Waals surface area contributed by atoms with E-state index < -0.39 is 18.1 Å². The molecule has 0 atom stereocenters. The van der Waals surface area contributed by atoms with Gasteiger partial charge in [-0.2, -0.15) is 0 Å². The second-order valence-corrected chi connectivity index (χ2v) is 4.04. The normalized spacial score (nSPS) is 10.7. The molecule has 0 N–H and O–H groups in total. The van der Waals surface area contributed by atoms with Crippen molar-refractivity contribution < 1.29 is 18.3 Å². The van der Waals surface area contributed by atoms with Crippen molar-refractivity contribution in [3.8, 4) is 0 Å². The number of rotatable bonds is 4. The zero-order valence-electron chi connectivity index (χ0n) is 8.84. The minimum Gasteiger partial charge on any atom is -0.462 e. The van der Waals surface area contributed by atoms with Crippen molar-refractivity contribution >= 4 is 33.5 Å². The molecule has 0 amide bonds. The fourth-order valence-corrected chi connectivity index (χ4v) is 1.87. The Labute approximate surface area is 110 Å². The molecule has 0 aromatic carbocycles. The van der Waals surface area contributed by atoms with Gasteiger partial charge in [-0.3, -0.25) is 0 Å². The van der Waals surface area contributed by atoms with Crippen LogP contribution in [0.3, 0.4) is 0 Å². The number of nitrogens with zero attached hydrogens (tertiary/aromatic N) is 1. The van der Waals surface area contributed by atoms with Gasteiger partial charge in [0.05, 0.1) is 12.2 Å². The monoisotopic (exact) mass is 327 g/mol. The van der Waals surface area contributed by atoms with Gasteiger partial charge in [0.15, 0.2) is 0 Å². The molecule has 0 bridgehead atoms. The maximum atomic E-state index is 12.6. The molecule has 94 valence electrons. The maximum Gasteiger partial charge on any atom is 0.340 e. The van der Waals surface area contributed by atoms with Crippen molar-refractivity contribution in [1.29, 1.82) is 0 Å². The summed E-state index contributed by atoms with van der Waals surface area (Å²) in [5, 5.41) is 0. The van der Waals surface area contributed by atoms with Crippen LogP contribution in [0.2, 0.25) is 0 Å². The predicted molar refractivity (Wildman–Crippen MR) is 62.4 cm³/mol. The zero-order chi connectivity index (χ0) is 13.0. The molecular formula is C10H9BrClF2NO2. The summed E-state index contributed by atoms with van der Waals surface area (Å²) in [6.07, 6.45) is -2.74. The Morgan fingerprint density at radius 3 is 2.76 bits per heavy atom. The lowest BCUT2D eigenvalue weighted by atomic mass is 10.1. The van der Waals surface area contributed by atoms with Crippen molar-refractivity contribution in [3.63, 3.8) is 0 Å². The van der Waals surface area contributed by atoms with Crippen molar-refractivity contribution in [2.24, 2.45) is 0 Å². The van der Waals surface area contributed by atoms with Crippen LogP contribution in [-0.2, 0) is 10.6 Å². The summed E-state index contributed by atoms with van der Waals surface area (Å²) in [5.41, 5.74) is -0.222. The summed E-state index contributed by atoms with van der Waals surface area (Å²) in [4.78, 5) is 15.1. The largest absolute Gasteiger partial charge is 0.462 e. The molecular weight excluding hydrogens is 319 g/mol. The highest BCUT2D eigenvalue weighted by Crippen LogP contribution is 2.27. The van der Waals surface area contributed by atoms with E-state index in [0.29, 0.717) is 0 Å². The van der Waals surface area contributed by atoms with Crippen molar-refractivity contribution in [1.82, 2.24) is 4.98 Å². The SMILES string of the molecule is CCOC(=O)c1cc(CCl)c(C(F)F)nc1Br. The van der Waals surface area contributed by atoms with Crippen LogP contribution in [0.4, 0.5) is 8.78 Å². The van der Waals surface area contributed by atoms with Crippen LogP contribution in [0, 0.1) is 0 Å². The van der Waals surface area contributed by atoms with Gasteiger partial charge in [0, 0.05) is 5.88 Å². The van der Waals surface area contributed by atoms with E-state index in [1.807, 2.05) is 0 Å². The van der Waals surface area contributed by atoms with Gasteiger partial charge < -0.3 is 4.74 Å². The molecule has 7 heteroatoms. The average Bonchev–Trinajstić information content (AvgIpc) is 2.28. The summed E-state index contributed by atoms with van der Waals surface area (Å²) in [6, 6.07) is 1.27. The minimum absolute atomic E-state index is 0.0279. The summed E-state index contributed by atoms with van der Waals surface area (Å²) in [5.74, 6) is -0.772. The van der Waals surface area contributed by atoms with Crippen molar-refractivity contribution in [3.05, 3.63) is 27.5 Å². The third-order valence-corrected chi connectivity index (χ3v) is 2.83. The highest BCUT2D eigenvalue weighted by molar-refractivity contribution is 9.10. The van der Waals surface area contributed by atoms with Gasteiger partial charge in [-0.05, 0) is 34.5 Å². The van der Waals surface area contributed by atoms with E-state index in [2.05, 4.69) is 20.9 Å². The summed E-state index contributed by atoms with van der Waals surface area (Å²) in [6.45, 7) is 1.84. The number of ether oxygens (including phenoxy) is 1. The molecule has 0 radical (unpaired) electrons. The second-order valence-electron chi connectivity index (χ2n) is 3.03. The zero-order valence-corrected chi connectivity index (χ0v) is 11.2. The number of pyridine rings is 1. The molecule has 0 saturated heterocycles. The van der Waals surface area contributed by atoms with Crippen LogP contribution >= 0.6 is 27.5 Å². The van der Waals surface area contributed by atoms with Gasteiger partial charge in [-0.1, -0.05) is 0 Å². The van der Waals surface area contributed by atoms with Crippen LogP contribution in [0.1, 0.15) is 35.0 Å². The van der Waals surface area contributed by atoms with Crippen LogP contribution in [-0.4, -0.2) is 17.6 Å². The Morgan fingerprint density at radius 1 is 1.65 bits per heavy atom. The van der Waals surface area contributed by atoms with E-state index in [4.69, 9.17) is 16.3 Å². The number of carbonyl (C=O) groups excluding carboxylic acids is 1. The molecule has 0 unspecified atom stereocenters. The molecule has 1 aromatic heterocycles. The molecule has 0 aliphatic rings. The number of aromatic nitrogens is 1. The first kappa shape index (κ1) is 14.3. The summed E-state index contributed by atoms with van der Waals surface area (Å²) < 4.78 is 30.0. The van der Waals surface area contributed by atoms with Crippen LogP contribution in [0.25, 0.3) is 0 Å². The predicted octanol–water partition coefficient (Wildman–Crippen LogP) is 3.70. The van der Waals surface area contributed by atoms with Crippen LogP contribution in [0.15, 0.2) is 10.7 Å². The first-order valence-electron chi connectivity index (χ1n) is 4.71. The first-order valence-corrected chi connectivity index (χ1v) is 6.04. The van der Waals surface area contributed by atoms with E-state index in [0.717, 1.165) is 0 Å².